The lowest BCUT2D eigenvalue weighted by molar-refractivity contribution is 0.518. The summed E-state index contributed by atoms with van der Waals surface area (Å²) in [6.07, 6.45) is 1.56. The monoisotopic (exact) mass is 313 g/mol. The van der Waals surface area contributed by atoms with Gasteiger partial charge in [0.25, 0.3) is 0 Å². The van der Waals surface area contributed by atoms with Gasteiger partial charge in [-0.25, -0.2) is 13.5 Å². The first-order valence-corrected chi connectivity index (χ1v) is 7.54. The topological polar surface area (TPSA) is 21.1 Å². The molecule has 0 amide bonds. The molecular formula is C13H13F2N3S2. The second kappa shape index (κ2) is 5.21. The van der Waals surface area contributed by atoms with E-state index >= 15 is 0 Å². The standard InChI is InChI=1S/C13H13F2N3S2/c1-8-16-18(13(19)20-8)7-17-4-2-3-9-5-10(14)6-11(15)12(9)17/h5-6H,2-4,7H2,1H3. The summed E-state index contributed by atoms with van der Waals surface area (Å²) in [5.74, 6) is -1.04. The largest absolute Gasteiger partial charge is 0.349 e. The highest BCUT2D eigenvalue weighted by Crippen LogP contribution is 2.31. The molecule has 0 aliphatic carbocycles. The summed E-state index contributed by atoms with van der Waals surface area (Å²) in [5, 5.41) is 5.20. The second-order valence-corrected chi connectivity index (χ2v) is 6.62. The van der Waals surface area contributed by atoms with Crippen LogP contribution in [0.2, 0.25) is 0 Å². The molecule has 1 aliphatic rings. The zero-order valence-corrected chi connectivity index (χ0v) is 12.5. The molecule has 0 unspecified atom stereocenters. The van der Waals surface area contributed by atoms with E-state index in [1.54, 1.807) is 4.68 Å². The quantitative estimate of drug-likeness (QED) is 0.789. The molecule has 1 aromatic heterocycles. The summed E-state index contributed by atoms with van der Waals surface area (Å²) in [5.41, 5.74) is 1.19. The Balaban J connectivity index is 1.98. The molecule has 2 aromatic rings. The third-order valence-corrected chi connectivity index (χ3v) is 4.53. The van der Waals surface area contributed by atoms with E-state index in [9.17, 15) is 8.78 Å². The maximum Gasteiger partial charge on any atom is 0.180 e. The smallest absolute Gasteiger partial charge is 0.180 e. The van der Waals surface area contributed by atoms with Crippen LogP contribution in [0.3, 0.4) is 0 Å². The van der Waals surface area contributed by atoms with Gasteiger partial charge >= 0.3 is 0 Å². The average Bonchev–Trinajstić information content (AvgIpc) is 2.67. The Hall–Kier alpha value is -1.34. The Bertz CT molecular complexity index is 708. The predicted octanol–water partition coefficient (Wildman–Crippen LogP) is 3.67. The van der Waals surface area contributed by atoms with Crippen molar-refractivity contribution in [3.8, 4) is 0 Å². The van der Waals surface area contributed by atoms with Crippen molar-refractivity contribution in [2.24, 2.45) is 0 Å². The Kier molecular flexibility index (Phi) is 3.55. The van der Waals surface area contributed by atoms with Gasteiger partial charge in [0.05, 0.1) is 5.69 Å². The molecule has 0 N–H and O–H groups in total. The Morgan fingerprint density at radius 1 is 1.40 bits per heavy atom. The Morgan fingerprint density at radius 3 is 2.90 bits per heavy atom. The van der Waals surface area contributed by atoms with Gasteiger partial charge in [-0.05, 0) is 43.6 Å². The van der Waals surface area contributed by atoms with E-state index in [0.29, 0.717) is 34.8 Å². The van der Waals surface area contributed by atoms with E-state index < -0.39 is 11.6 Å². The second-order valence-electron chi connectivity index (χ2n) is 4.79. The summed E-state index contributed by atoms with van der Waals surface area (Å²) in [6.45, 7) is 3.00. The minimum Gasteiger partial charge on any atom is -0.349 e. The lowest BCUT2D eigenvalue weighted by atomic mass is 10.0. The molecule has 1 aliphatic heterocycles. The van der Waals surface area contributed by atoms with Crippen LogP contribution < -0.4 is 4.90 Å². The van der Waals surface area contributed by atoms with E-state index in [0.717, 1.165) is 17.5 Å². The van der Waals surface area contributed by atoms with Gasteiger partial charge in [-0.1, -0.05) is 11.3 Å². The lowest BCUT2D eigenvalue weighted by Crippen LogP contribution is -2.33. The van der Waals surface area contributed by atoms with Gasteiger partial charge in [-0.3, -0.25) is 0 Å². The highest BCUT2D eigenvalue weighted by molar-refractivity contribution is 7.73. The van der Waals surface area contributed by atoms with E-state index in [1.165, 1.54) is 17.4 Å². The van der Waals surface area contributed by atoms with Gasteiger partial charge in [-0.15, -0.1) is 0 Å². The molecule has 3 rings (SSSR count). The van der Waals surface area contributed by atoms with Crippen LogP contribution in [-0.2, 0) is 13.1 Å². The van der Waals surface area contributed by atoms with Crippen LogP contribution in [-0.4, -0.2) is 16.3 Å². The average molecular weight is 313 g/mol. The maximum atomic E-state index is 14.1. The number of hydrogen-bond acceptors (Lipinski definition) is 4. The molecule has 0 bridgehead atoms. The highest BCUT2D eigenvalue weighted by atomic mass is 32.1. The third-order valence-electron chi connectivity index (χ3n) is 3.31. The fraction of sp³-hybridized carbons (Fsp3) is 0.385. The van der Waals surface area contributed by atoms with Crippen molar-refractivity contribution in [3.05, 3.63) is 38.3 Å². The summed E-state index contributed by atoms with van der Waals surface area (Å²) in [6, 6.07) is 2.35. The van der Waals surface area contributed by atoms with Crippen molar-refractivity contribution in [3.63, 3.8) is 0 Å². The zero-order valence-electron chi connectivity index (χ0n) is 10.9. The van der Waals surface area contributed by atoms with Crippen molar-refractivity contribution in [2.45, 2.75) is 26.4 Å². The first-order valence-electron chi connectivity index (χ1n) is 6.32. The highest BCUT2D eigenvalue weighted by Gasteiger charge is 2.22. The van der Waals surface area contributed by atoms with Crippen LogP contribution in [0, 0.1) is 22.5 Å². The molecule has 3 nitrogen and oxygen atoms in total. The molecular weight excluding hydrogens is 300 g/mol. The summed E-state index contributed by atoms with van der Waals surface area (Å²) in [7, 11) is 0. The first-order chi connectivity index (χ1) is 9.54. The normalized spacial score (nSPS) is 14.4. The zero-order chi connectivity index (χ0) is 14.3. The van der Waals surface area contributed by atoms with Gasteiger partial charge in [0, 0.05) is 12.6 Å². The van der Waals surface area contributed by atoms with Gasteiger partial charge in [0.15, 0.2) is 3.95 Å². The Labute approximate surface area is 124 Å². The molecule has 2 heterocycles. The van der Waals surface area contributed by atoms with Crippen molar-refractivity contribution in [1.29, 1.82) is 0 Å². The molecule has 20 heavy (non-hydrogen) atoms. The molecule has 7 heteroatoms. The fourth-order valence-electron chi connectivity index (χ4n) is 2.54. The van der Waals surface area contributed by atoms with Gasteiger partial charge in [-0.2, -0.15) is 5.10 Å². The minimum absolute atomic E-state index is 0.402. The molecule has 0 radical (unpaired) electrons. The number of hydrogen-bond donors (Lipinski definition) is 0. The maximum absolute atomic E-state index is 14.1. The van der Waals surface area contributed by atoms with E-state index in [4.69, 9.17) is 12.2 Å². The van der Waals surface area contributed by atoms with Crippen molar-refractivity contribution >= 4 is 29.2 Å². The number of aryl methyl sites for hydroxylation is 2. The SMILES string of the molecule is Cc1nn(CN2CCCc3cc(F)cc(F)c32)c(=S)s1. The van der Waals surface area contributed by atoms with Crippen molar-refractivity contribution < 1.29 is 8.78 Å². The molecule has 0 fully saturated rings. The number of halogens is 2. The minimum atomic E-state index is -0.524. The summed E-state index contributed by atoms with van der Waals surface area (Å²) >= 11 is 6.66. The van der Waals surface area contributed by atoms with Crippen LogP contribution in [0.1, 0.15) is 17.0 Å². The number of anilines is 1. The van der Waals surface area contributed by atoms with Gasteiger partial charge < -0.3 is 4.90 Å². The molecule has 0 saturated heterocycles. The molecule has 106 valence electrons. The van der Waals surface area contributed by atoms with Crippen LogP contribution in [0.5, 0.6) is 0 Å². The number of fused-ring (bicyclic) bond motifs is 1. The molecule has 0 atom stereocenters. The van der Waals surface area contributed by atoms with E-state index in [-0.39, 0.29) is 0 Å². The summed E-state index contributed by atoms with van der Waals surface area (Å²) in [4.78, 5) is 1.88. The lowest BCUT2D eigenvalue weighted by Gasteiger charge is -2.31. The van der Waals surface area contributed by atoms with Crippen LogP contribution in [0.25, 0.3) is 0 Å². The van der Waals surface area contributed by atoms with Crippen LogP contribution in [0.4, 0.5) is 14.5 Å². The third kappa shape index (κ3) is 2.47. The molecule has 0 spiro atoms. The predicted molar refractivity (Wildman–Crippen MR) is 77.7 cm³/mol. The molecule has 0 saturated carbocycles. The number of aromatic nitrogens is 2. The van der Waals surface area contributed by atoms with Crippen molar-refractivity contribution in [2.75, 3.05) is 11.4 Å². The van der Waals surface area contributed by atoms with E-state index in [1.807, 2.05) is 11.8 Å². The van der Waals surface area contributed by atoms with Gasteiger partial charge in [0.2, 0.25) is 0 Å². The fourth-order valence-corrected chi connectivity index (χ4v) is 3.60. The number of benzene rings is 1. The first kappa shape index (κ1) is 13.6. The van der Waals surface area contributed by atoms with Gasteiger partial charge in [0.1, 0.15) is 23.3 Å². The van der Waals surface area contributed by atoms with E-state index in [2.05, 4.69) is 5.10 Å². The van der Waals surface area contributed by atoms with Crippen molar-refractivity contribution in [1.82, 2.24) is 9.78 Å². The number of nitrogens with zero attached hydrogens (tertiary/aromatic N) is 3. The van der Waals surface area contributed by atoms with Crippen LogP contribution in [0.15, 0.2) is 12.1 Å². The molecule has 1 aromatic carbocycles. The van der Waals surface area contributed by atoms with Crippen LogP contribution >= 0.6 is 23.6 Å². The summed E-state index contributed by atoms with van der Waals surface area (Å²) < 4.78 is 29.7. The number of rotatable bonds is 2. The Morgan fingerprint density at radius 2 is 2.20 bits per heavy atom.